The summed E-state index contributed by atoms with van der Waals surface area (Å²) >= 11 is 0. The molecule has 0 radical (unpaired) electrons. The van der Waals surface area contributed by atoms with Crippen molar-refractivity contribution in [2.75, 3.05) is 0 Å². The molecule has 0 spiro atoms. The van der Waals surface area contributed by atoms with Gasteiger partial charge in [-0.1, -0.05) is 25.5 Å². The molecule has 0 amide bonds. The first-order valence-electron chi connectivity index (χ1n) is 10.7. The number of esters is 1. The second kappa shape index (κ2) is 6.14. The monoisotopic (exact) mass is 384 g/mol. The highest BCUT2D eigenvalue weighted by molar-refractivity contribution is 5.92. The number of allylic oxidation sites excluding steroid dienone is 4. The van der Waals surface area contributed by atoms with E-state index in [9.17, 15) is 14.4 Å². The number of hydrogen-bond donors (Lipinski definition) is 0. The van der Waals surface area contributed by atoms with Crippen LogP contribution in [0.2, 0.25) is 0 Å². The fourth-order valence-electron chi connectivity index (χ4n) is 7.48. The van der Waals surface area contributed by atoms with Gasteiger partial charge in [-0.2, -0.15) is 0 Å². The van der Waals surface area contributed by atoms with Gasteiger partial charge in [0.1, 0.15) is 0 Å². The van der Waals surface area contributed by atoms with Crippen molar-refractivity contribution in [3.8, 4) is 0 Å². The first-order chi connectivity index (χ1) is 13.0. The zero-order chi connectivity index (χ0) is 20.5. The van der Waals surface area contributed by atoms with Crippen molar-refractivity contribution in [1.82, 2.24) is 0 Å². The summed E-state index contributed by atoms with van der Waals surface area (Å²) in [6.45, 7) is 9.63. The van der Waals surface area contributed by atoms with E-state index in [-0.39, 0.29) is 28.4 Å². The van der Waals surface area contributed by atoms with Gasteiger partial charge in [-0.25, -0.2) is 0 Å². The topological polar surface area (TPSA) is 60.4 Å². The van der Waals surface area contributed by atoms with E-state index in [1.807, 2.05) is 6.08 Å². The minimum Gasteiger partial charge on any atom is -0.451 e. The Balaban J connectivity index is 1.79. The Morgan fingerprint density at radius 3 is 2.39 bits per heavy atom. The van der Waals surface area contributed by atoms with Crippen LogP contribution in [0.25, 0.3) is 0 Å². The average molecular weight is 385 g/mol. The molecule has 2 saturated carbocycles. The molecule has 28 heavy (non-hydrogen) atoms. The summed E-state index contributed by atoms with van der Waals surface area (Å²) in [5.41, 5.74) is 1.15. The minimum atomic E-state index is -0.990. The number of carbonyl (C=O) groups excluding carboxylic acids is 3. The van der Waals surface area contributed by atoms with E-state index in [0.29, 0.717) is 30.6 Å². The average Bonchev–Trinajstić information content (AvgIpc) is 2.90. The highest BCUT2D eigenvalue weighted by Gasteiger charge is 2.67. The van der Waals surface area contributed by atoms with Crippen LogP contribution in [-0.2, 0) is 19.1 Å². The van der Waals surface area contributed by atoms with Crippen molar-refractivity contribution in [3.05, 3.63) is 23.3 Å². The molecule has 4 rings (SSSR count). The second-order valence-corrected chi connectivity index (χ2v) is 10.1. The third-order valence-corrected chi connectivity index (χ3v) is 8.84. The lowest BCUT2D eigenvalue weighted by Crippen LogP contribution is -2.58. The van der Waals surface area contributed by atoms with Crippen molar-refractivity contribution in [2.24, 2.45) is 28.6 Å². The van der Waals surface area contributed by atoms with E-state index < -0.39 is 5.60 Å². The van der Waals surface area contributed by atoms with E-state index in [4.69, 9.17) is 4.74 Å². The minimum absolute atomic E-state index is 0.0160. The number of rotatable bonds is 2. The maximum Gasteiger partial charge on any atom is 0.303 e. The number of ether oxygens (including phenoxy) is 1. The molecule has 0 aliphatic heterocycles. The van der Waals surface area contributed by atoms with Gasteiger partial charge in [0.25, 0.3) is 0 Å². The molecular weight excluding hydrogens is 352 g/mol. The van der Waals surface area contributed by atoms with Crippen molar-refractivity contribution in [2.45, 2.75) is 78.7 Å². The molecule has 0 aromatic rings. The van der Waals surface area contributed by atoms with Gasteiger partial charge in [-0.05, 0) is 80.8 Å². The molecule has 0 aromatic heterocycles. The quantitative estimate of drug-likeness (QED) is 0.654. The Hall–Kier alpha value is -1.71. The summed E-state index contributed by atoms with van der Waals surface area (Å²) in [6.07, 6.45) is 9.20. The molecular formula is C24H32O4. The maximum absolute atomic E-state index is 12.8. The van der Waals surface area contributed by atoms with Gasteiger partial charge in [0.2, 0.25) is 0 Å². The Kier molecular flexibility index (Phi) is 4.30. The maximum atomic E-state index is 12.8. The Morgan fingerprint density at radius 2 is 1.75 bits per heavy atom. The zero-order valence-electron chi connectivity index (χ0n) is 17.8. The molecule has 2 fully saturated rings. The van der Waals surface area contributed by atoms with Crippen LogP contribution >= 0.6 is 0 Å². The molecule has 0 saturated heterocycles. The highest BCUT2D eigenvalue weighted by atomic mass is 16.6. The number of carbonyl (C=O) groups is 3. The summed E-state index contributed by atoms with van der Waals surface area (Å²) in [7, 11) is 0. The fourth-order valence-corrected chi connectivity index (χ4v) is 7.48. The number of hydrogen-bond acceptors (Lipinski definition) is 4. The standard InChI is InChI=1S/C24H32O4/c1-14-12-18-19(22(4)9-6-17(27)13-21(14)22)7-10-23(5)20(18)8-11-24(23,15(2)25)28-16(3)26/h12-13,18-20H,6-11H2,1-5H3/t18-,19+,20+,22?,23+,24+/m1/s1. The Bertz CT molecular complexity index is 820. The van der Waals surface area contributed by atoms with E-state index in [1.54, 1.807) is 6.92 Å². The van der Waals surface area contributed by atoms with Gasteiger partial charge < -0.3 is 4.74 Å². The van der Waals surface area contributed by atoms with Crippen LogP contribution in [0.5, 0.6) is 0 Å². The predicted molar refractivity (Wildman–Crippen MR) is 106 cm³/mol. The van der Waals surface area contributed by atoms with Gasteiger partial charge in [0.05, 0.1) is 0 Å². The molecule has 1 unspecified atom stereocenters. The van der Waals surface area contributed by atoms with Gasteiger partial charge >= 0.3 is 5.97 Å². The van der Waals surface area contributed by atoms with Crippen molar-refractivity contribution in [3.63, 3.8) is 0 Å². The van der Waals surface area contributed by atoms with Crippen LogP contribution < -0.4 is 0 Å². The van der Waals surface area contributed by atoms with Crippen LogP contribution in [0.15, 0.2) is 23.3 Å². The number of ketones is 2. The second-order valence-electron chi connectivity index (χ2n) is 10.1. The highest BCUT2D eigenvalue weighted by Crippen LogP contribution is 2.67. The molecule has 0 aromatic carbocycles. The molecule has 6 atom stereocenters. The Morgan fingerprint density at radius 1 is 1.07 bits per heavy atom. The number of Topliss-reactive ketones (excluding diaryl/α,β-unsaturated/α-hetero) is 1. The van der Waals surface area contributed by atoms with Gasteiger partial charge in [-0.3, -0.25) is 14.4 Å². The van der Waals surface area contributed by atoms with Crippen LogP contribution in [0.3, 0.4) is 0 Å². The van der Waals surface area contributed by atoms with Crippen molar-refractivity contribution >= 4 is 17.5 Å². The summed E-state index contributed by atoms with van der Waals surface area (Å²) in [4.78, 5) is 36.8. The lowest BCUT2D eigenvalue weighted by molar-refractivity contribution is -0.185. The third kappa shape index (κ3) is 2.39. The van der Waals surface area contributed by atoms with Crippen LogP contribution in [-0.4, -0.2) is 23.1 Å². The SMILES string of the molecule is CC(=O)O[C@]1(C(C)=O)CC[C@H]2[C@@H]3C=C(C)C4=CC(=O)CCC4(C)[C@H]3CC[C@@]21C. The van der Waals surface area contributed by atoms with Crippen molar-refractivity contribution < 1.29 is 19.1 Å². The molecule has 0 bridgehead atoms. The molecule has 4 nitrogen and oxygen atoms in total. The van der Waals surface area contributed by atoms with E-state index >= 15 is 0 Å². The van der Waals surface area contributed by atoms with E-state index in [1.165, 1.54) is 18.1 Å². The largest absolute Gasteiger partial charge is 0.451 e. The summed E-state index contributed by atoms with van der Waals surface area (Å²) < 4.78 is 5.82. The molecule has 4 aliphatic rings. The third-order valence-electron chi connectivity index (χ3n) is 8.84. The van der Waals surface area contributed by atoms with E-state index in [2.05, 4.69) is 26.8 Å². The van der Waals surface area contributed by atoms with Gasteiger partial charge in [-0.15, -0.1) is 0 Å². The molecule has 0 N–H and O–H groups in total. The smallest absolute Gasteiger partial charge is 0.303 e. The molecule has 152 valence electrons. The van der Waals surface area contributed by atoms with E-state index in [0.717, 1.165) is 25.7 Å². The Labute approximate surface area is 167 Å². The lowest BCUT2D eigenvalue weighted by atomic mass is 9.47. The first kappa shape index (κ1) is 19.6. The van der Waals surface area contributed by atoms with Crippen LogP contribution in [0.1, 0.15) is 73.1 Å². The van der Waals surface area contributed by atoms with Gasteiger partial charge in [0, 0.05) is 18.8 Å². The normalized spacial score (nSPS) is 44.6. The summed E-state index contributed by atoms with van der Waals surface area (Å²) in [5.74, 6) is 1.03. The van der Waals surface area contributed by atoms with Crippen LogP contribution in [0, 0.1) is 28.6 Å². The van der Waals surface area contributed by atoms with Crippen LogP contribution in [0.4, 0.5) is 0 Å². The predicted octanol–water partition coefficient (Wildman–Crippen LogP) is 4.58. The first-order valence-corrected chi connectivity index (χ1v) is 10.7. The molecule has 4 heteroatoms. The number of fused-ring (bicyclic) bond motifs is 5. The van der Waals surface area contributed by atoms with Crippen molar-refractivity contribution in [1.29, 1.82) is 0 Å². The fraction of sp³-hybridized carbons (Fsp3) is 0.708. The van der Waals surface area contributed by atoms with Gasteiger partial charge in [0.15, 0.2) is 17.2 Å². The zero-order valence-corrected chi connectivity index (χ0v) is 17.8. The summed E-state index contributed by atoms with van der Waals surface area (Å²) in [6, 6.07) is 0. The molecule has 0 heterocycles. The summed E-state index contributed by atoms with van der Waals surface area (Å²) in [5, 5.41) is 0. The molecule has 4 aliphatic carbocycles. The lowest BCUT2D eigenvalue weighted by Gasteiger charge is -2.58.